The molecule has 0 aliphatic heterocycles. The number of benzene rings is 3. The predicted octanol–water partition coefficient (Wildman–Crippen LogP) is 3.74. The Morgan fingerprint density at radius 1 is 0.862 bits per heavy atom. The van der Waals surface area contributed by atoms with Crippen LogP contribution in [-0.4, -0.2) is 20.6 Å². The second kappa shape index (κ2) is 9.49. The van der Waals surface area contributed by atoms with Crippen molar-refractivity contribution in [2.24, 2.45) is 0 Å². The van der Waals surface area contributed by atoms with Gasteiger partial charge in [0, 0.05) is 18.4 Å². The van der Waals surface area contributed by atoms with Crippen molar-refractivity contribution in [3.63, 3.8) is 0 Å². The Labute approximate surface area is 171 Å². The zero-order chi connectivity index (χ0) is 20.7. The minimum Gasteiger partial charge on any atom is -0.372 e. The summed E-state index contributed by atoms with van der Waals surface area (Å²) in [5.41, 5.74) is 3.36. The van der Waals surface area contributed by atoms with Crippen molar-refractivity contribution in [3.05, 3.63) is 101 Å². The minimum absolute atomic E-state index is 0.125. The van der Waals surface area contributed by atoms with Crippen molar-refractivity contribution < 1.29 is 17.9 Å². The van der Waals surface area contributed by atoms with Crippen LogP contribution in [0.5, 0.6) is 0 Å². The van der Waals surface area contributed by atoms with E-state index in [1.165, 1.54) is 12.1 Å². The molecule has 150 valence electrons. The second-order valence-corrected chi connectivity index (χ2v) is 8.75. The lowest BCUT2D eigenvalue weighted by molar-refractivity contribution is 0.0947. The summed E-state index contributed by atoms with van der Waals surface area (Å²) in [5.74, 6) is -0.324. The maximum atomic E-state index is 12.5. The molecule has 0 spiro atoms. The van der Waals surface area contributed by atoms with Crippen LogP contribution >= 0.6 is 0 Å². The number of nitrogens with one attached hydrogen (secondary N) is 1. The highest BCUT2D eigenvalue weighted by molar-refractivity contribution is 7.90. The van der Waals surface area contributed by atoms with Gasteiger partial charge in [-0.15, -0.1) is 0 Å². The first kappa shape index (κ1) is 20.8. The molecule has 0 fully saturated rings. The Kier molecular flexibility index (Phi) is 6.80. The number of carbonyl (C=O) groups excluding carboxylic acids is 1. The molecule has 0 radical (unpaired) electrons. The lowest BCUT2D eigenvalue weighted by atomic mass is 10.1. The van der Waals surface area contributed by atoms with Crippen molar-refractivity contribution >= 4 is 15.7 Å². The summed E-state index contributed by atoms with van der Waals surface area (Å²) in [6.07, 6.45) is 1.12. The van der Waals surface area contributed by atoms with Crippen LogP contribution in [0.1, 0.15) is 27.0 Å². The van der Waals surface area contributed by atoms with Gasteiger partial charge >= 0.3 is 0 Å². The summed E-state index contributed by atoms with van der Waals surface area (Å²) >= 11 is 0. The number of hydrogen-bond donors (Lipinski definition) is 1. The third kappa shape index (κ3) is 6.01. The normalized spacial score (nSPS) is 11.2. The van der Waals surface area contributed by atoms with E-state index >= 15 is 0 Å². The smallest absolute Gasteiger partial charge is 0.251 e. The average molecular weight is 410 g/mol. The third-order valence-corrected chi connectivity index (χ3v) is 5.56. The van der Waals surface area contributed by atoms with Crippen LogP contribution in [0.25, 0.3) is 0 Å². The highest BCUT2D eigenvalue weighted by atomic mass is 32.2. The van der Waals surface area contributed by atoms with Gasteiger partial charge in [-0.2, -0.15) is 0 Å². The molecule has 3 aromatic rings. The van der Waals surface area contributed by atoms with Crippen LogP contribution < -0.4 is 5.32 Å². The molecular weight excluding hydrogens is 386 g/mol. The van der Waals surface area contributed by atoms with Crippen LogP contribution in [-0.2, 0) is 34.3 Å². The first-order valence-corrected chi connectivity index (χ1v) is 11.1. The molecule has 1 amide bonds. The Balaban J connectivity index is 1.61. The van der Waals surface area contributed by atoms with Gasteiger partial charge in [0.2, 0.25) is 0 Å². The summed E-state index contributed by atoms with van der Waals surface area (Å²) in [7, 11) is -3.36. The van der Waals surface area contributed by atoms with Crippen molar-refractivity contribution in [1.29, 1.82) is 0 Å². The lowest BCUT2D eigenvalue weighted by Gasteiger charge is -2.12. The molecule has 0 unspecified atom stereocenters. The minimum atomic E-state index is -3.36. The monoisotopic (exact) mass is 409 g/mol. The maximum Gasteiger partial charge on any atom is 0.251 e. The fourth-order valence-corrected chi connectivity index (χ4v) is 3.54. The molecule has 1 N–H and O–H groups in total. The standard InChI is InChI=1S/C23H23NO4S/c1-29(26,27)22-13-7-12-19(14-22)23(25)24-15-20-10-5-6-11-21(20)17-28-16-18-8-3-2-4-9-18/h2-14H,15-17H2,1H3,(H,24,25). The summed E-state index contributed by atoms with van der Waals surface area (Å²) in [6.45, 7) is 1.27. The van der Waals surface area contributed by atoms with Gasteiger partial charge in [0.1, 0.15) is 0 Å². The average Bonchev–Trinajstić information content (AvgIpc) is 2.73. The van der Waals surface area contributed by atoms with E-state index in [4.69, 9.17) is 4.74 Å². The van der Waals surface area contributed by atoms with Crippen LogP contribution in [0.4, 0.5) is 0 Å². The van der Waals surface area contributed by atoms with Gasteiger partial charge in [-0.05, 0) is 34.9 Å². The van der Waals surface area contributed by atoms with E-state index in [0.717, 1.165) is 22.9 Å². The Morgan fingerprint density at radius 2 is 1.55 bits per heavy atom. The molecule has 0 atom stereocenters. The highest BCUT2D eigenvalue weighted by Crippen LogP contribution is 2.14. The second-order valence-electron chi connectivity index (χ2n) is 6.73. The van der Waals surface area contributed by atoms with Gasteiger partial charge in [-0.1, -0.05) is 60.7 Å². The van der Waals surface area contributed by atoms with E-state index in [-0.39, 0.29) is 10.8 Å². The molecule has 0 aliphatic carbocycles. The number of rotatable bonds is 8. The molecule has 3 aromatic carbocycles. The topological polar surface area (TPSA) is 72.5 Å². The molecule has 6 heteroatoms. The van der Waals surface area contributed by atoms with E-state index in [1.807, 2.05) is 54.6 Å². The molecule has 0 saturated heterocycles. The predicted molar refractivity (Wildman–Crippen MR) is 112 cm³/mol. The first-order chi connectivity index (χ1) is 13.9. The van der Waals surface area contributed by atoms with Gasteiger partial charge in [0.05, 0.1) is 18.1 Å². The molecule has 0 heterocycles. The van der Waals surface area contributed by atoms with E-state index in [9.17, 15) is 13.2 Å². The number of sulfone groups is 1. The zero-order valence-electron chi connectivity index (χ0n) is 16.2. The Morgan fingerprint density at radius 3 is 2.28 bits per heavy atom. The Bertz CT molecular complexity index is 1080. The summed E-state index contributed by atoms with van der Waals surface area (Å²) in [6, 6.07) is 23.7. The zero-order valence-corrected chi connectivity index (χ0v) is 17.0. The molecule has 5 nitrogen and oxygen atoms in total. The van der Waals surface area contributed by atoms with Crippen LogP contribution in [0.2, 0.25) is 0 Å². The van der Waals surface area contributed by atoms with Gasteiger partial charge in [-0.25, -0.2) is 8.42 Å². The fourth-order valence-electron chi connectivity index (χ4n) is 2.87. The SMILES string of the molecule is CS(=O)(=O)c1cccc(C(=O)NCc2ccccc2COCc2ccccc2)c1. The van der Waals surface area contributed by atoms with Gasteiger partial charge in [-0.3, -0.25) is 4.79 Å². The van der Waals surface area contributed by atoms with Crippen molar-refractivity contribution in [3.8, 4) is 0 Å². The molecule has 0 aliphatic rings. The molecule has 0 aromatic heterocycles. The Hall–Kier alpha value is -2.96. The molecule has 0 saturated carbocycles. The molecular formula is C23H23NO4S. The van der Waals surface area contributed by atoms with Crippen LogP contribution in [0.15, 0.2) is 83.8 Å². The molecule has 3 rings (SSSR count). The lowest BCUT2D eigenvalue weighted by Crippen LogP contribution is -2.23. The first-order valence-electron chi connectivity index (χ1n) is 9.20. The quantitative estimate of drug-likeness (QED) is 0.615. The summed E-state index contributed by atoms with van der Waals surface area (Å²) in [4.78, 5) is 12.6. The maximum absolute atomic E-state index is 12.5. The molecule has 0 bridgehead atoms. The number of ether oxygens (including phenoxy) is 1. The van der Waals surface area contributed by atoms with E-state index in [2.05, 4.69) is 5.32 Å². The number of carbonyl (C=O) groups is 1. The van der Waals surface area contributed by atoms with Crippen molar-refractivity contribution in [2.75, 3.05) is 6.26 Å². The van der Waals surface area contributed by atoms with Crippen LogP contribution in [0.3, 0.4) is 0 Å². The van der Waals surface area contributed by atoms with Crippen molar-refractivity contribution in [1.82, 2.24) is 5.32 Å². The summed E-state index contributed by atoms with van der Waals surface area (Å²) in [5, 5.41) is 2.85. The van der Waals surface area contributed by atoms with E-state index < -0.39 is 9.84 Å². The highest BCUT2D eigenvalue weighted by Gasteiger charge is 2.12. The van der Waals surface area contributed by atoms with E-state index in [1.54, 1.807) is 12.1 Å². The molecule has 29 heavy (non-hydrogen) atoms. The van der Waals surface area contributed by atoms with Crippen LogP contribution in [0, 0.1) is 0 Å². The van der Waals surface area contributed by atoms with Gasteiger partial charge in [0.25, 0.3) is 5.91 Å². The van der Waals surface area contributed by atoms with Gasteiger partial charge in [0.15, 0.2) is 9.84 Å². The summed E-state index contributed by atoms with van der Waals surface area (Å²) < 4.78 is 29.2. The number of amides is 1. The van der Waals surface area contributed by atoms with Crippen molar-refractivity contribution in [2.45, 2.75) is 24.7 Å². The number of hydrogen-bond acceptors (Lipinski definition) is 4. The fraction of sp³-hybridized carbons (Fsp3) is 0.174. The van der Waals surface area contributed by atoms with Gasteiger partial charge < -0.3 is 10.1 Å². The third-order valence-electron chi connectivity index (χ3n) is 4.45. The largest absolute Gasteiger partial charge is 0.372 e. The van der Waals surface area contributed by atoms with E-state index in [0.29, 0.717) is 25.3 Å².